The van der Waals surface area contributed by atoms with Crippen molar-refractivity contribution in [2.45, 2.75) is 6.04 Å². The summed E-state index contributed by atoms with van der Waals surface area (Å²) in [6.45, 7) is 0. The van der Waals surface area contributed by atoms with Gasteiger partial charge in [-0.3, -0.25) is 0 Å². The van der Waals surface area contributed by atoms with Gasteiger partial charge in [0, 0.05) is 16.9 Å². The first-order valence-corrected chi connectivity index (χ1v) is 9.33. The van der Waals surface area contributed by atoms with E-state index in [9.17, 15) is 5.11 Å². The molecular weight excluding hydrogens is 365 g/mol. The number of fused-ring (bicyclic) bond motifs is 1. The van der Waals surface area contributed by atoms with Gasteiger partial charge in [-0.05, 0) is 18.2 Å². The third-order valence-electron chi connectivity index (χ3n) is 4.03. The maximum atomic E-state index is 10.7. The second kappa shape index (κ2) is 6.31. The summed E-state index contributed by atoms with van der Waals surface area (Å²) in [6, 6.07) is 13.3. The van der Waals surface area contributed by atoms with E-state index in [1.807, 2.05) is 40.6 Å². The second-order valence-electron chi connectivity index (χ2n) is 5.52. The summed E-state index contributed by atoms with van der Waals surface area (Å²) in [5.41, 5.74) is 1.89. The molecule has 1 N–H and O–H groups in total. The van der Waals surface area contributed by atoms with Crippen LogP contribution in [0.1, 0.15) is 6.04 Å². The largest absolute Gasteiger partial charge is 0.493 e. The summed E-state index contributed by atoms with van der Waals surface area (Å²) in [7, 11) is 0. The van der Waals surface area contributed by atoms with Gasteiger partial charge in [0.25, 0.3) is 0 Å². The van der Waals surface area contributed by atoms with Gasteiger partial charge in [0.1, 0.15) is 5.69 Å². The van der Waals surface area contributed by atoms with Gasteiger partial charge in [-0.2, -0.15) is 11.8 Å². The van der Waals surface area contributed by atoms with E-state index >= 15 is 0 Å². The third-order valence-corrected chi connectivity index (χ3v) is 6.08. The van der Waals surface area contributed by atoms with E-state index in [4.69, 9.17) is 23.2 Å². The fraction of sp³-hybridized carbons (Fsp3) is 0.176. The molecule has 0 aliphatic carbocycles. The van der Waals surface area contributed by atoms with Crippen molar-refractivity contribution in [2.24, 2.45) is 10.2 Å². The van der Waals surface area contributed by atoms with Crippen molar-refractivity contribution in [3.8, 4) is 5.88 Å². The fourth-order valence-electron chi connectivity index (χ4n) is 2.75. The zero-order chi connectivity index (χ0) is 16.7. The Hall–Kier alpha value is -1.69. The van der Waals surface area contributed by atoms with E-state index in [1.54, 1.807) is 18.2 Å². The number of hydrogen-bond acceptors (Lipinski definition) is 4. The lowest BCUT2D eigenvalue weighted by molar-refractivity contribution is 0.406. The van der Waals surface area contributed by atoms with Crippen LogP contribution in [0.4, 0.5) is 11.4 Å². The molecule has 122 valence electrons. The Balaban J connectivity index is 1.83. The van der Waals surface area contributed by atoms with Crippen LogP contribution in [0, 0.1) is 0 Å². The molecule has 0 spiro atoms. The maximum absolute atomic E-state index is 10.7. The van der Waals surface area contributed by atoms with Crippen LogP contribution in [0.25, 0.3) is 10.9 Å². The summed E-state index contributed by atoms with van der Waals surface area (Å²) in [6.07, 6.45) is 0. The van der Waals surface area contributed by atoms with E-state index in [0.29, 0.717) is 27.5 Å². The lowest BCUT2D eigenvalue weighted by Crippen LogP contribution is -2.22. The predicted molar refractivity (Wildman–Crippen MR) is 101 cm³/mol. The van der Waals surface area contributed by atoms with Gasteiger partial charge < -0.3 is 9.67 Å². The first-order chi connectivity index (χ1) is 11.7. The van der Waals surface area contributed by atoms with Crippen molar-refractivity contribution in [1.82, 2.24) is 4.57 Å². The Bertz CT molecular complexity index is 950. The topological polar surface area (TPSA) is 49.9 Å². The number of aromatic nitrogens is 1. The van der Waals surface area contributed by atoms with Crippen LogP contribution in [-0.2, 0) is 0 Å². The molecule has 2 aromatic carbocycles. The number of nitrogens with zero attached hydrogens (tertiary/aromatic N) is 3. The third kappa shape index (κ3) is 2.57. The van der Waals surface area contributed by atoms with E-state index < -0.39 is 0 Å². The molecule has 0 bridgehead atoms. The first-order valence-electron chi connectivity index (χ1n) is 7.42. The van der Waals surface area contributed by atoms with E-state index in [2.05, 4.69) is 10.2 Å². The van der Waals surface area contributed by atoms with Gasteiger partial charge >= 0.3 is 0 Å². The van der Waals surface area contributed by atoms with Gasteiger partial charge in [0.05, 0.1) is 21.6 Å². The molecule has 0 radical (unpaired) electrons. The average Bonchev–Trinajstić information content (AvgIpc) is 2.80. The Morgan fingerprint density at radius 2 is 1.83 bits per heavy atom. The summed E-state index contributed by atoms with van der Waals surface area (Å²) in [5, 5.41) is 20.8. The highest BCUT2D eigenvalue weighted by atomic mass is 35.5. The Morgan fingerprint density at radius 1 is 1.04 bits per heavy atom. The molecule has 7 heteroatoms. The monoisotopic (exact) mass is 377 g/mol. The molecule has 0 unspecified atom stereocenters. The van der Waals surface area contributed by atoms with Crippen LogP contribution in [0.15, 0.2) is 52.7 Å². The molecule has 1 aliphatic rings. The molecule has 24 heavy (non-hydrogen) atoms. The van der Waals surface area contributed by atoms with Crippen LogP contribution in [-0.4, -0.2) is 21.2 Å². The Kier molecular flexibility index (Phi) is 4.16. The number of azo groups is 1. The van der Waals surface area contributed by atoms with E-state index in [-0.39, 0.29) is 5.88 Å². The molecule has 1 aromatic heterocycles. The predicted octanol–water partition coefficient (Wildman–Crippen LogP) is 6.36. The van der Waals surface area contributed by atoms with Crippen molar-refractivity contribution in [1.29, 1.82) is 0 Å². The van der Waals surface area contributed by atoms with Gasteiger partial charge in [-0.15, -0.1) is 10.2 Å². The highest BCUT2D eigenvalue weighted by Crippen LogP contribution is 2.45. The average molecular weight is 378 g/mol. The molecule has 4 nitrogen and oxygen atoms in total. The second-order valence-corrected chi connectivity index (χ2v) is 7.38. The summed E-state index contributed by atoms with van der Waals surface area (Å²) >= 11 is 14.0. The fourth-order valence-corrected chi connectivity index (χ4v) is 3.82. The summed E-state index contributed by atoms with van der Waals surface area (Å²) in [4.78, 5) is 0. The number of thioether (sulfide) groups is 1. The molecule has 0 amide bonds. The number of para-hydroxylation sites is 1. The van der Waals surface area contributed by atoms with Crippen molar-refractivity contribution in [3.05, 3.63) is 52.5 Å². The lowest BCUT2D eigenvalue weighted by atomic mass is 10.2. The van der Waals surface area contributed by atoms with Gasteiger partial charge in [-0.1, -0.05) is 47.5 Å². The van der Waals surface area contributed by atoms with E-state index in [0.717, 1.165) is 22.4 Å². The zero-order valence-corrected chi connectivity index (χ0v) is 14.8. The smallest absolute Gasteiger partial charge is 0.221 e. The maximum Gasteiger partial charge on any atom is 0.221 e. The van der Waals surface area contributed by atoms with Crippen LogP contribution < -0.4 is 0 Å². The minimum absolute atomic E-state index is 0.142. The van der Waals surface area contributed by atoms with Crippen LogP contribution in [0.2, 0.25) is 10.0 Å². The van der Waals surface area contributed by atoms with Crippen LogP contribution >= 0.6 is 35.0 Å². The van der Waals surface area contributed by atoms with Crippen molar-refractivity contribution in [2.75, 3.05) is 11.5 Å². The number of halogens is 2. The molecule has 0 atom stereocenters. The summed E-state index contributed by atoms with van der Waals surface area (Å²) in [5.74, 6) is 2.12. The number of rotatable bonds is 3. The number of benzene rings is 2. The van der Waals surface area contributed by atoms with Gasteiger partial charge in [0.2, 0.25) is 5.88 Å². The standard InChI is InChI=1S/C17H13Cl2N3OS/c18-12-5-3-6-13(15(12)19)20-21-16-11-4-1-2-7-14(11)22(17(16)23)10-8-24-9-10/h1-7,10,23H,8-9H2. The van der Waals surface area contributed by atoms with Gasteiger partial charge in [0.15, 0.2) is 5.69 Å². The van der Waals surface area contributed by atoms with Crippen molar-refractivity contribution < 1.29 is 5.11 Å². The quantitative estimate of drug-likeness (QED) is 0.540. The van der Waals surface area contributed by atoms with Crippen LogP contribution in [0.5, 0.6) is 5.88 Å². The first kappa shape index (κ1) is 15.8. The highest BCUT2D eigenvalue weighted by Gasteiger charge is 2.27. The minimum Gasteiger partial charge on any atom is -0.493 e. The number of aromatic hydroxyl groups is 1. The molecule has 0 saturated carbocycles. The minimum atomic E-state index is 0.142. The normalized spacial score (nSPS) is 15.2. The lowest BCUT2D eigenvalue weighted by Gasteiger charge is -2.27. The molecular formula is C17H13Cl2N3OS. The highest BCUT2D eigenvalue weighted by molar-refractivity contribution is 8.00. The molecule has 1 aliphatic heterocycles. The molecule has 3 aromatic rings. The van der Waals surface area contributed by atoms with Crippen molar-refractivity contribution >= 4 is 57.2 Å². The molecule has 2 heterocycles. The molecule has 4 rings (SSSR count). The Morgan fingerprint density at radius 3 is 2.58 bits per heavy atom. The summed E-state index contributed by atoms with van der Waals surface area (Å²) < 4.78 is 1.94. The van der Waals surface area contributed by atoms with Gasteiger partial charge in [-0.25, -0.2) is 0 Å². The number of hydrogen-bond donors (Lipinski definition) is 1. The zero-order valence-electron chi connectivity index (χ0n) is 12.5. The van der Waals surface area contributed by atoms with Crippen molar-refractivity contribution in [3.63, 3.8) is 0 Å². The SMILES string of the molecule is Oc1c(N=Nc2cccc(Cl)c2Cl)c2ccccc2n1C1CSC1. The molecule has 1 fully saturated rings. The van der Waals surface area contributed by atoms with E-state index in [1.165, 1.54) is 0 Å². The molecule has 1 saturated heterocycles. The Labute approximate surface area is 153 Å². The van der Waals surface area contributed by atoms with Crippen LogP contribution in [0.3, 0.4) is 0 Å².